The number of aliphatic hydroxyl groups is 1. The molecule has 11 heteroatoms. The fourth-order valence-corrected chi connectivity index (χ4v) is 5.07. The first kappa shape index (κ1) is 19.6. The van der Waals surface area contributed by atoms with E-state index in [1.807, 2.05) is 11.4 Å². The predicted molar refractivity (Wildman–Crippen MR) is 120 cm³/mol. The van der Waals surface area contributed by atoms with E-state index in [2.05, 4.69) is 25.8 Å². The summed E-state index contributed by atoms with van der Waals surface area (Å²) in [6, 6.07) is 1.48. The van der Waals surface area contributed by atoms with Crippen LogP contribution in [0.3, 0.4) is 0 Å². The summed E-state index contributed by atoms with van der Waals surface area (Å²) in [5.74, 6) is 2.31. The number of nitrogens with zero attached hydrogens (tertiary/aromatic N) is 5. The van der Waals surface area contributed by atoms with E-state index in [1.165, 1.54) is 24.2 Å². The van der Waals surface area contributed by atoms with Crippen molar-refractivity contribution in [1.82, 2.24) is 25.1 Å². The average Bonchev–Trinajstić information content (AvgIpc) is 3.21. The Labute approximate surface area is 188 Å². The number of aliphatic hydroxyl groups excluding tert-OH is 1. The number of aromatic nitrogens is 5. The topological polar surface area (TPSA) is 132 Å². The second kappa shape index (κ2) is 7.82. The molecule has 2 atom stereocenters. The van der Waals surface area contributed by atoms with Crippen molar-refractivity contribution < 1.29 is 9.90 Å². The lowest BCUT2D eigenvalue weighted by atomic mass is 10.2. The number of fused-ring (bicyclic) bond motifs is 1. The van der Waals surface area contributed by atoms with Gasteiger partial charge in [0.1, 0.15) is 11.9 Å². The van der Waals surface area contributed by atoms with Gasteiger partial charge in [-0.05, 0) is 32.1 Å². The van der Waals surface area contributed by atoms with E-state index in [4.69, 9.17) is 9.97 Å². The highest BCUT2D eigenvalue weighted by atomic mass is 32.1. The maximum absolute atomic E-state index is 12.9. The zero-order chi connectivity index (χ0) is 21.7. The van der Waals surface area contributed by atoms with Crippen molar-refractivity contribution in [3.05, 3.63) is 34.6 Å². The van der Waals surface area contributed by atoms with Crippen molar-refractivity contribution in [2.45, 2.75) is 56.6 Å². The molecule has 0 aromatic carbocycles. The lowest BCUT2D eigenvalue weighted by Crippen LogP contribution is -2.40. The van der Waals surface area contributed by atoms with Gasteiger partial charge in [0.25, 0.3) is 0 Å². The van der Waals surface area contributed by atoms with Gasteiger partial charge in [-0.25, -0.2) is 9.97 Å². The molecule has 10 nitrogen and oxygen atoms in total. The number of carbonyl (C=O) groups excluding carboxylic acids is 1. The second-order valence-electron chi connectivity index (χ2n) is 8.64. The average molecular weight is 453 g/mol. The number of hydrogen-bond acceptors (Lipinski definition) is 9. The Morgan fingerprint density at radius 2 is 2.19 bits per heavy atom. The summed E-state index contributed by atoms with van der Waals surface area (Å²) in [5.41, 5.74) is 3.25. The number of anilines is 4. The van der Waals surface area contributed by atoms with Gasteiger partial charge in [-0.1, -0.05) is 0 Å². The smallest absolute Gasteiger partial charge is 0.249 e. The lowest BCUT2D eigenvalue weighted by molar-refractivity contribution is -0.117. The van der Waals surface area contributed by atoms with E-state index >= 15 is 0 Å². The number of nitrogens with one attached hydrogen (secondary N) is 3. The molecule has 2 fully saturated rings. The minimum Gasteiger partial charge on any atom is -0.391 e. The molecule has 0 radical (unpaired) electrons. The molecule has 0 bridgehead atoms. The molecule has 1 aliphatic heterocycles. The normalized spacial score (nSPS) is 22.2. The predicted octanol–water partition coefficient (Wildman–Crippen LogP) is 2.34. The van der Waals surface area contributed by atoms with E-state index in [0.29, 0.717) is 30.0 Å². The Morgan fingerprint density at radius 1 is 1.28 bits per heavy atom. The van der Waals surface area contributed by atoms with Gasteiger partial charge in [-0.2, -0.15) is 10.1 Å². The first-order valence-electron chi connectivity index (χ1n) is 11.0. The van der Waals surface area contributed by atoms with Crippen LogP contribution in [-0.2, 0) is 17.6 Å². The molecule has 1 saturated carbocycles. The summed E-state index contributed by atoms with van der Waals surface area (Å²) in [6.07, 6.45) is 6.56. The molecular weight excluding hydrogens is 428 g/mol. The van der Waals surface area contributed by atoms with Gasteiger partial charge in [-0.3, -0.25) is 9.89 Å². The Bertz CT molecular complexity index is 1140. The molecule has 3 aliphatic rings. The van der Waals surface area contributed by atoms with Crippen molar-refractivity contribution in [2.24, 2.45) is 0 Å². The summed E-state index contributed by atoms with van der Waals surface area (Å²) in [7, 11) is 0. The number of carbonyl (C=O) groups is 1. The molecule has 1 amide bonds. The Kier molecular flexibility index (Phi) is 4.80. The van der Waals surface area contributed by atoms with Gasteiger partial charge in [0, 0.05) is 47.8 Å². The molecule has 3 aromatic heterocycles. The second-order valence-corrected chi connectivity index (χ2v) is 9.54. The zero-order valence-corrected chi connectivity index (χ0v) is 18.2. The van der Waals surface area contributed by atoms with Crippen LogP contribution in [0.15, 0.2) is 17.6 Å². The van der Waals surface area contributed by atoms with Crippen LogP contribution in [0.4, 0.5) is 22.7 Å². The number of hydrogen-bond donors (Lipinski definition) is 4. The third kappa shape index (κ3) is 3.71. The quantitative estimate of drug-likeness (QED) is 0.448. The SMILES string of the molecule is O=C(Nc1nccs1)C1CC(O)CN1c1nc2c(c(Nc3cc(C4CC4)[nH]n3)n1)CCC2. The number of aromatic amines is 1. The van der Waals surface area contributed by atoms with Crippen molar-refractivity contribution in [1.29, 1.82) is 0 Å². The number of β-amino-alcohol motifs (C(OH)–C–C–N with tert-alkyl or cyclic N) is 1. The number of rotatable bonds is 6. The van der Waals surface area contributed by atoms with Crippen LogP contribution in [0.5, 0.6) is 0 Å². The van der Waals surface area contributed by atoms with Crippen LogP contribution < -0.4 is 15.5 Å². The van der Waals surface area contributed by atoms with Crippen LogP contribution in [0.1, 0.15) is 48.6 Å². The number of H-pyrrole nitrogens is 1. The third-order valence-electron chi connectivity index (χ3n) is 6.28. The fourth-order valence-electron chi connectivity index (χ4n) is 4.53. The first-order chi connectivity index (χ1) is 15.6. The molecule has 2 aliphatic carbocycles. The van der Waals surface area contributed by atoms with Gasteiger partial charge in [0.2, 0.25) is 11.9 Å². The first-order valence-corrected chi connectivity index (χ1v) is 11.9. The van der Waals surface area contributed by atoms with Gasteiger partial charge in [0.15, 0.2) is 10.9 Å². The lowest BCUT2D eigenvalue weighted by Gasteiger charge is -2.24. The van der Waals surface area contributed by atoms with Gasteiger partial charge in [-0.15, -0.1) is 11.3 Å². The maximum Gasteiger partial charge on any atom is 0.249 e. The van der Waals surface area contributed by atoms with E-state index in [-0.39, 0.29) is 5.91 Å². The highest BCUT2D eigenvalue weighted by molar-refractivity contribution is 7.13. The van der Waals surface area contributed by atoms with E-state index in [1.54, 1.807) is 11.1 Å². The molecular formula is C21H24N8O2S. The maximum atomic E-state index is 12.9. The van der Waals surface area contributed by atoms with Gasteiger partial charge in [0.05, 0.1) is 11.8 Å². The molecule has 3 aromatic rings. The van der Waals surface area contributed by atoms with Crippen molar-refractivity contribution in [2.75, 3.05) is 22.1 Å². The standard InChI is InChI=1S/C21H24N8O2S/c30-12-8-16(19(31)26-21-22-6-7-32-21)29(10-12)20-23-14-3-1-2-13(14)18(25-20)24-17-9-15(27-28-17)11-4-5-11/h6-7,9,11-12,16,30H,1-5,8,10H2,(H,22,26,31)(H2,23,24,25,27,28). The molecule has 6 rings (SSSR count). The molecule has 4 heterocycles. The van der Waals surface area contributed by atoms with E-state index in [9.17, 15) is 9.90 Å². The summed E-state index contributed by atoms with van der Waals surface area (Å²) in [5, 5.41) is 26.4. The largest absolute Gasteiger partial charge is 0.391 e. The van der Waals surface area contributed by atoms with Crippen molar-refractivity contribution >= 4 is 40.0 Å². The minimum absolute atomic E-state index is 0.212. The van der Waals surface area contributed by atoms with Crippen molar-refractivity contribution in [3.63, 3.8) is 0 Å². The third-order valence-corrected chi connectivity index (χ3v) is 6.97. The van der Waals surface area contributed by atoms with Gasteiger partial charge < -0.3 is 20.6 Å². The zero-order valence-electron chi connectivity index (χ0n) is 17.4. The molecule has 32 heavy (non-hydrogen) atoms. The highest BCUT2D eigenvalue weighted by Gasteiger charge is 2.39. The summed E-state index contributed by atoms with van der Waals surface area (Å²) < 4.78 is 0. The summed E-state index contributed by atoms with van der Waals surface area (Å²) >= 11 is 1.36. The summed E-state index contributed by atoms with van der Waals surface area (Å²) in [6.45, 7) is 0.308. The Hall–Kier alpha value is -3.05. The monoisotopic (exact) mass is 452 g/mol. The van der Waals surface area contributed by atoms with Crippen molar-refractivity contribution in [3.8, 4) is 0 Å². The fraction of sp³-hybridized carbons (Fsp3) is 0.476. The highest BCUT2D eigenvalue weighted by Crippen LogP contribution is 2.40. The molecule has 2 unspecified atom stereocenters. The van der Waals surface area contributed by atoms with Crippen LogP contribution >= 0.6 is 11.3 Å². The molecule has 4 N–H and O–H groups in total. The molecule has 1 saturated heterocycles. The van der Waals surface area contributed by atoms with Crippen LogP contribution in [0.2, 0.25) is 0 Å². The van der Waals surface area contributed by atoms with E-state index < -0.39 is 12.1 Å². The Balaban J connectivity index is 1.29. The molecule has 166 valence electrons. The van der Waals surface area contributed by atoms with E-state index in [0.717, 1.165) is 47.8 Å². The van der Waals surface area contributed by atoms with Crippen LogP contribution in [0, 0.1) is 0 Å². The van der Waals surface area contributed by atoms with Crippen LogP contribution in [0.25, 0.3) is 0 Å². The number of amides is 1. The molecule has 0 spiro atoms. The number of aryl methyl sites for hydroxylation is 1. The van der Waals surface area contributed by atoms with Gasteiger partial charge >= 0.3 is 0 Å². The summed E-state index contributed by atoms with van der Waals surface area (Å²) in [4.78, 5) is 28.5. The number of thiazole rings is 1. The Morgan fingerprint density at radius 3 is 3.00 bits per heavy atom. The minimum atomic E-state index is -0.622. The van der Waals surface area contributed by atoms with Crippen LogP contribution in [-0.4, -0.2) is 54.9 Å².